The minimum atomic E-state index is -0.281. The third-order valence-corrected chi connectivity index (χ3v) is 3.54. The lowest BCUT2D eigenvalue weighted by molar-refractivity contribution is -0.115. The summed E-state index contributed by atoms with van der Waals surface area (Å²) in [7, 11) is 0. The molecule has 0 spiro atoms. The largest absolute Gasteiger partial charge is 0.399 e. The fourth-order valence-electron chi connectivity index (χ4n) is 2.57. The lowest BCUT2D eigenvalue weighted by atomic mass is 10.2. The Morgan fingerprint density at radius 1 is 1.29 bits per heavy atom. The van der Waals surface area contributed by atoms with Gasteiger partial charge in [0.25, 0.3) is 0 Å². The number of carbonyl (C=O) groups is 1. The molecule has 0 atom stereocenters. The lowest BCUT2D eigenvalue weighted by Crippen LogP contribution is -2.31. The molecule has 0 saturated heterocycles. The van der Waals surface area contributed by atoms with Crippen LogP contribution in [-0.2, 0) is 11.2 Å². The second-order valence-corrected chi connectivity index (χ2v) is 5.12. The number of hydrogen-bond donors (Lipinski definition) is 2. The third-order valence-electron chi connectivity index (χ3n) is 3.54. The lowest BCUT2D eigenvalue weighted by Gasteiger charge is -2.19. The van der Waals surface area contributed by atoms with Crippen molar-refractivity contribution in [1.29, 1.82) is 0 Å². The van der Waals surface area contributed by atoms with Crippen LogP contribution >= 0.6 is 0 Å². The molecular weight excluding hydrogens is 269 g/mol. The van der Waals surface area contributed by atoms with Crippen molar-refractivity contribution in [2.75, 3.05) is 29.0 Å². The maximum absolute atomic E-state index is 13.3. The number of rotatable bonds is 3. The van der Waals surface area contributed by atoms with Gasteiger partial charge < -0.3 is 16.0 Å². The Labute approximate surface area is 122 Å². The molecule has 0 radical (unpaired) electrons. The second-order valence-electron chi connectivity index (χ2n) is 5.12. The molecule has 108 valence electrons. The molecule has 1 aliphatic rings. The first-order valence-corrected chi connectivity index (χ1v) is 6.80. The average Bonchev–Trinajstić information content (AvgIpc) is 2.81. The predicted octanol–water partition coefficient (Wildman–Crippen LogP) is 2.41. The van der Waals surface area contributed by atoms with Crippen LogP contribution in [-0.4, -0.2) is 19.0 Å². The van der Waals surface area contributed by atoms with E-state index in [1.807, 2.05) is 4.90 Å². The minimum Gasteiger partial charge on any atom is -0.399 e. The van der Waals surface area contributed by atoms with E-state index in [4.69, 9.17) is 5.73 Å². The topological polar surface area (TPSA) is 58.4 Å². The van der Waals surface area contributed by atoms with Gasteiger partial charge in [0.15, 0.2) is 0 Å². The van der Waals surface area contributed by atoms with Crippen LogP contribution in [0.1, 0.15) is 5.56 Å². The zero-order chi connectivity index (χ0) is 14.8. The number of nitrogens with one attached hydrogen (secondary N) is 1. The fourth-order valence-corrected chi connectivity index (χ4v) is 2.57. The van der Waals surface area contributed by atoms with Gasteiger partial charge in [0.2, 0.25) is 5.91 Å². The quantitative estimate of drug-likeness (QED) is 0.851. The van der Waals surface area contributed by atoms with Crippen molar-refractivity contribution in [2.24, 2.45) is 0 Å². The Hall–Kier alpha value is -2.56. The van der Waals surface area contributed by atoms with Crippen LogP contribution in [0.3, 0.4) is 0 Å². The van der Waals surface area contributed by atoms with Crippen molar-refractivity contribution in [3.63, 3.8) is 0 Å². The summed E-state index contributed by atoms with van der Waals surface area (Å²) in [5, 5.41) is 2.80. The van der Waals surface area contributed by atoms with Gasteiger partial charge in [-0.1, -0.05) is 12.1 Å². The molecule has 5 heteroatoms. The summed E-state index contributed by atoms with van der Waals surface area (Å²) in [6.07, 6.45) is 0.835. The number of hydrogen-bond acceptors (Lipinski definition) is 3. The molecule has 0 unspecified atom stereocenters. The van der Waals surface area contributed by atoms with E-state index >= 15 is 0 Å². The smallest absolute Gasteiger partial charge is 0.243 e. The highest BCUT2D eigenvalue weighted by Gasteiger charge is 2.21. The van der Waals surface area contributed by atoms with E-state index in [9.17, 15) is 9.18 Å². The Morgan fingerprint density at radius 3 is 2.95 bits per heavy atom. The summed E-state index contributed by atoms with van der Waals surface area (Å²) in [5.41, 5.74) is 8.82. The molecule has 0 aliphatic carbocycles. The highest BCUT2D eigenvalue weighted by molar-refractivity contribution is 5.94. The summed E-state index contributed by atoms with van der Waals surface area (Å²) in [6, 6.07) is 11.7. The first kappa shape index (κ1) is 13.4. The number of carbonyl (C=O) groups excluding carboxylic acids is 1. The number of fused-ring (bicyclic) bond motifs is 1. The number of anilines is 3. The van der Waals surface area contributed by atoms with Gasteiger partial charge >= 0.3 is 0 Å². The van der Waals surface area contributed by atoms with Gasteiger partial charge in [0.1, 0.15) is 5.82 Å². The molecule has 0 aromatic heterocycles. The zero-order valence-corrected chi connectivity index (χ0v) is 11.5. The first-order valence-electron chi connectivity index (χ1n) is 6.80. The SMILES string of the molecule is Nc1cccc(NC(=O)CN2CCc3ccc(F)cc32)c1. The summed E-state index contributed by atoms with van der Waals surface area (Å²) < 4.78 is 13.3. The Morgan fingerprint density at radius 2 is 2.14 bits per heavy atom. The monoisotopic (exact) mass is 285 g/mol. The van der Waals surface area contributed by atoms with Crippen LogP contribution in [0.25, 0.3) is 0 Å². The first-order chi connectivity index (χ1) is 10.1. The molecule has 2 aromatic carbocycles. The average molecular weight is 285 g/mol. The van der Waals surface area contributed by atoms with Crippen molar-refractivity contribution >= 4 is 23.0 Å². The fraction of sp³-hybridized carbons (Fsp3) is 0.188. The summed E-state index contributed by atoms with van der Waals surface area (Å²) >= 11 is 0. The molecule has 0 bridgehead atoms. The van der Waals surface area contributed by atoms with Crippen LogP contribution in [0.4, 0.5) is 21.5 Å². The molecule has 3 rings (SSSR count). The van der Waals surface area contributed by atoms with Crippen LogP contribution < -0.4 is 16.0 Å². The van der Waals surface area contributed by atoms with E-state index < -0.39 is 0 Å². The Bertz CT molecular complexity index is 687. The molecule has 3 N–H and O–H groups in total. The molecule has 1 aliphatic heterocycles. The van der Waals surface area contributed by atoms with Gasteiger partial charge in [0, 0.05) is 23.6 Å². The van der Waals surface area contributed by atoms with Crippen molar-refractivity contribution in [2.45, 2.75) is 6.42 Å². The van der Waals surface area contributed by atoms with Crippen LogP contribution in [0.2, 0.25) is 0 Å². The number of halogens is 1. The van der Waals surface area contributed by atoms with E-state index in [0.717, 1.165) is 24.2 Å². The zero-order valence-electron chi connectivity index (χ0n) is 11.5. The van der Waals surface area contributed by atoms with Gasteiger partial charge in [-0.25, -0.2) is 4.39 Å². The molecule has 2 aromatic rings. The van der Waals surface area contributed by atoms with E-state index in [0.29, 0.717) is 11.4 Å². The number of benzene rings is 2. The molecule has 21 heavy (non-hydrogen) atoms. The Balaban J connectivity index is 1.68. The summed E-state index contributed by atoms with van der Waals surface area (Å²) in [6.45, 7) is 0.925. The Kier molecular flexibility index (Phi) is 3.48. The minimum absolute atomic E-state index is 0.141. The standard InChI is InChI=1S/C16H16FN3O/c17-12-5-4-11-6-7-20(15(11)8-12)10-16(21)19-14-3-1-2-13(18)9-14/h1-5,8-9H,6-7,10,18H2,(H,19,21). The van der Waals surface area contributed by atoms with Crippen LogP contribution in [0, 0.1) is 5.82 Å². The van der Waals surface area contributed by atoms with Crippen LogP contribution in [0.5, 0.6) is 0 Å². The number of nitrogen functional groups attached to an aromatic ring is 1. The number of nitrogens with two attached hydrogens (primary N) is 1. The number of amides is 1. The van der Waals surface area contributed by atoms with Gasteiger partial charge in [0.05, 0.1) is 6.54 Å². The molecular formula is C16H16FN3O. The molecule has 1 heterocycles. The number of nitrogens with zero attached hydrogens (tertiary/aromatic N) is 1. The maximum atomic E-state index is 13.3. The third kappa shape index (κ3) is 2.97. The van der Waals surface area contributed by atoms with E-state index in [2.05, 4.69) is 5.32 Å². The molecule has 0 fully saturated rings. The van der Waals surface area contributed by atoms with E-state index in [-0.39, 0.29) is 18.3 Å². The van der Waals surface area contributed by atoms with Gasteiger partial charge in [-0.2, -0.15) is 0 Å². The normalized spacial score (nSPS) is 13.1. The highest BCUT2D eigenvalue weighted by atomic mass is 19.1. The van der Waals surface area contributed by atoms with Gasteiger partial charge in [-0.05, 0) is 42.3 Å². The maximum Gasteiger partial charge on any atom is 0.243 e. The second kappa shape index (κ2) is 5.44. The van der Waals surface area contributed by atoms with Gasteiger partial charge in [-0.15, -0.1) is 0 Å². The van der Waals surface area contributed by atoms with Crippen LogP contribution in [0.15, 0.2) is 42.5 Å². The summed E-state index contributed by atoms with van der Waals surface area (Å²) in [5.74, 6) is -0.422. The van der Waals surface area contributed by atoms with E-state index in [1.54, 1.807) is 30.3 Å². The van der Waals surface area contributed by atoms with Crippen molar-refractivity contribution < 1.29 is 9.18 Å². The molecule has 0 saturated carbocycles. The molecule has 1 amide bonds. The molecule has 4 nitrogen and oxygen atoms in total. The van der Waals surface area contributed by atoms with E-state index in [1.165, 1.54) is 12.1 Å². The van der Waals surface area contributed by atoms with Crippen molar-refractivity contribution in [1.82, 2.24) is 0 Å². The van der Waals surface area contributed by atoms with Gasteiger partial charge in [-0.3, -0.25) is 4.79 Å². The predicted molar refractivity (Wildman–Crippen MR) is 81.8 cm³/mol. The summed E-state index contributed by atoms with van der Waals surface area (Å²) in [4.78, 5) is 14.0. The highest BCUT2D eigenvalue weighted by Crippen LogP contribution is 2.28. The van der Waals surface area contributed by atoms with Crippen molar-refractivity contribution in [3.05, 3.63) is 53.8 Å². The van der Waals surface area contributed by atoms with Crippen molar-refractivity contribution in [3.8, 4) is 0 Å².